The van der Waals surface area contributed by atoms with Gasteiger partial charge in [0.15, 0.2) is 0 Å². The highest BCUT2D eigenvalue weighted by atomic mass is 35.5. The lowest BCUT2D eigenvalue weighted by Crippen LogP contribution is -2.06. The van der Waals surface area contributed by atoms with Crippen LogP contribution in [-0.4, -0.2) is 10.2 Å². The van der Waals surface area contributed by atoms with Gasteiger partial charge in [-0.3, -0.25) is 9.59 Å². The molecule has 58 valence electrons. The molecule has 0 unspecified atom stereocenters. The summed E-state index contributed by atoms with van der Waals surface area (Å²) in [6, 6.07) is 1.22. The molecule has 0 aliphatic rings. The number of pyridine rings is 1. The number of hydrogen-bond acceptors (Lipinski definition) is 2. The Balaban J connectivity index is 3.26. The minimum absolute atomic E-state index is 0.0449. The summed E-state index contributed by atoms with van der Waals surface area (Å²) in [5, 5.41) is -0.695. The first kappa shape index (κ1) is 8.30. The second-order valence-corrected chi connectivity index (χ2v) is 2.59. The molecule has 0 fully saturated rings. The van der Waals surface area contributed by atoms with Gasteiger partial charge in [-0.15, -0.1) is 0 Å². The highest BCUT2D eigenvalue weighted by Gasteiger charge is 2.03. The summed E-state index contributed by atoms with van der Waals surface area (Å²) in [5.41, 5.74) is -0.260. The predicted molar refractivity (Wildman–Crippen MR) is 42.3 cm³/mol. The minimum Gasteiger partial charge on any atom is -0.327 e. The highest BCUT2D eigenvalue weighted by molar-refractivity contribution is 6.67. The number of H-pyrrole nitrogens is 1. The number of halogens is 2. The van der Waals surface area contributed by atoms with Gasteiger partial charge in [0.2, 0.25) is 0 Å². The van der Waals surface area contributed by atoms with E-state index in [9.17, 15) is 9.59 Å². The van der Waals surface area contributed by atoms with Gasteiger partial charge in [-0.2, -0.15) is 0 Å². The van der Waals surface area contributed by atoms with E-state index in [1.54, 1.807) is 0 Å². The molecule has 0 bridgehead atoms. The van der Waals surface area contributed by atoms with Crippen molar-refractivity contribution >= 4 is 28.4 Å². The number of carbonyl (C=O) groups excluding carboxylic acids is 1. The van der Waals surface area contributed by atoms with Gasteiger partial charge in [-0.1, -0.05) is 11.6 Å². The Bertz CT molecular complexity index is 345. The lowest BCUT2D eigenvalue weighted by molar-refractivity contribution is 0.108. The van der Waals surface area contributed by atoms with Crippen LogP contribution in [0.1, 0.15) is 10.4 Å². The van der Waals surface area contributed by atoms with E-state index in [1.165, 1.54) is 12.3 Å². The fraction of sp³-hybridized carbons (Fsp3) is 0. The largest absolute Gasteiger partial charge is 0.327 e. The lowest BCUT2D eigenvalue weighted by atomic mass is 10.3. The maximum Gasteiger partial charge on any atom is 0.266 e. The van der Waals surface area contributed by atoms with E-state index in [0.717, 1.165) is 0 Å². The van der Waals surface area contributed by atoms with E-state index in [2.05, 4.69) is 4.98 Å². The maximum absolute atomic E-state index is 10.7. The fourth-order valence-electron chi connectivity index (χ4n) is 0.569. The zero-order valence-electron chi connectivity index (χ0n) is 5.23. The number of hydrogen-bond donors (Lipinski definition) is 1. The summed E-state index contributed by atoms with van der Waals surface area (Å²) in [6.07, 6.45) is 1.21. The standard InChI is InChI=1S/C6H3Cl2NO2/c7-4-1-3(5(8)10)2-9-6(4)11/h1-2H,(H,9,11). The Morgan fingerprint density at radius 1 is 1.55 bits per heavy atom. The van der Waals surface area contributed by atoms with Crippen LogP contribution in [0.25, 0.3) is 0 Å². The van der Waals surface area contributed by atoms with Crippen LogP contribution in [0.15, 0.2) is 17.1 Å². The zero-order valence-corrected chi connectivity index (χ0v) is 6.74. The van der Waals surface area contributed by atoms with Crippen molar-refractivity contribution in [2.45, 2.75) is 0 Å². The monoisotopic (exact) mass is 191 g/mol. The Morgan fingerprint density at radius 2 is 2.18 bits per heavy atom. The molecule has 0 saturated heterocycles. The quantitative estimate of drug-likeness (QED) is 0.683. The zero-order chi connectivity index (χ0) is 8.43. The third-order valence-electron chi connectivity index (χ3n) is 1.08. The van der Waals surface area contributed by atoms with E-state index in [0.29, 0.717) is 0 Å². The van der Waals surface area contributed by atoms with Crippen molar-refractivity contribution in [1.29, 1.82) is 0 Å². The van der Waals surface area contributed by atoms with E-state index in [4.69, 9.17) is 23.2 Å². The number of rotatable bonds is 1. The molecule has 3 nitrogen and oxygen atoms in total. The Morgan fingerprint density at radius 3 is 2.64 bits per heavy atom. The van der Waals surface area contributed by atoms with Gasteiger partial charge in [-0.05, 0) is 17.7 Å². The molecule has 0 aliphatic heterocycles. The maximum atomic E-state index is 10.7. The van der Waals surface area contributed by atoms with Gasteiger partial charge < -0.3 is 4.98 Å². The van der Waals surface area contributed by atoms with Crippen molar-refractivity contribution in [2.24, 2.45) is 0 Å². The van der Waals surface area contributed by atoms with Gasteiger partial charge in [0.25, 0.3) is 10.8 Å². The Kier molecular flexibility index (Phi) is 2.31. The molecule has 1 N–H and O–H groups in total. The molecular weight excluding hydrogens is 189 g/mol. The van der Waals surface area contributed by atoms with Crippen LogP contribution in [0.4, 0.5) is 0 Å². The van der Waals surface area contributed by atoms with Crippen LogP contribution in [0.5, 0.6) is 0 Å². The van der Waals surface area contributed by atoms with Gasteiger partial charge in [0.05, 0.1) is 5.56 Å². The van der Waals surface area contributed by atoms with E-state index < -0.39 is 10.8 Å². The van der Waals surface area contributed by atoms with E-state index in [-0.39, 0.29) is 10.6 Å². The van der Waals surface area contributed by atoms with E-state index in [1.807, 2.05) is 0 Å². The first-order valence-corrected chi connectivity index (χ1v) is 3.45. The van der Waals surface area contributed by atoms with Gasteiger partial charge in [0, 0.05) is 6.20 Å². The third-order valence-corrected chi connectivity index (χ3v) is 1.58. The smallest absolute Gasteiger partial charge is 0.266 e. The number of aromatic nitrogens is 1. The normalized spacial score (nSPS) is 9.64. The summed E-state index contributed by atoms with van der Waals surface area (Å²) in [6.45, 7) is 0. The lowest BCUT2D eigenvalue weighted by Gasteiger charge is -1.91. The molecule has 1 aromatic heterocycles. The molecule has 0 aromatic carbocycles. The first-order chi connectivity index (χ1) is 5.11. The minimum atomic E-state index is -0.650. The summed E-state index contributed by atoms with van der Waals surface area (Å²) in [7, 11) is 0. The van der Waals surface area contributed by atoms with Crippen molar-refractivity contribution in [3.8, 4) is 0 Å². The van der Waals surface area contributed by atoms with Crippen LogP contribution in [0.3, 0.4) is 0 Å². The Hall–Kier alpha value is -0.800. The molecule has 1 rings (SSSR count). The SMILES string of the molecule is O=C(Cl)c1c[nH]c(=O)c(Cl)c1. The molecule has 11 heavy (non-hydrogen) atoms. The molecule has 5 heteroatoms. The summed E-state index contributed by atoms with van der Waals surface area (Å²) in [5.74, 6) is 0. The molecular formula is C6H3Cl2NO2. The molecule has 1 aromatic rings. The first-order valence-electron chi connectivity index (χ1n) is 2.69. The number of nitrogens with one attached hydrogen (secondary N) is 1. The van der Waals surface area contributed by atoms with Crippen molar-refractivity contribution in [1.82, 2.24) is 4.98 Å². The molecule has 0 radical (unpaired) electrons. The number of carbonyl (C=O) groups is 1. The molecule has 0 spiro atoms. The van der Waals surface area contributed by atoms with E-state index >= 15 is 0 Å². The summed E-state index contributed by atoms with van der Waals surface area (Å²) < 4.78 is 0. The predicted octanol–water partition coefficient (Wildman–Crippen LogP) is 1.41. The summed E-state index contributed by atoms with van der Waals surface area (Å²) >= 11 is 10.5. The fourth-order valence-corrected chi connectivity index (χ4v) is 0.851. The number of aromatic amines is 1. The molecule has 0 atom stereocenters. The molecule has 1 heterocycles. The summed E-state index contributed by atoms with van der Waals surface area (Å²) in [4.78, 5) is 23.4. The van der Waals surface area contributed by atoms with Crippen LogP contribution < -0.4 is 5.56 Å². The molecule has 0 saturated carbocycles. The second kappa shape index (κ2) is 3.07. The van der Waals surface area contributed by atoms with Gasteiger partial charge >= 0.3 is 0 Å². The van der Waals surface area contributed by atoms with Crippen LogP contribution >= 0.6 is 23.2 Å². The molecule has 0 amide bonds. The van der Waals surface area contributed by atoms with Gasteiger partial charge in [-0.25, -0.2) is 0 Å². The van der Waals surface area contributed by atoms with Crippen molar-refractivity contribution in [3.05, 3.63) is 33.2 Å². The highest BCUT2D eigenvalue weighted by Crippen LogP contribution is 2.05. The van der Waals surface area contributed by atoms with Crippen LogP contribution in [-0.2, 0) is 0 Å². The average molecular weight is 192 g/mol. The second-order valence-electron chi connectivity index (χ2n) is 1.84. The van der Waals surface area contributed by atoms with Crippen molar-refractivity contribution < 1.29 is 4.79 Å². The Labute approximate surface area is 71.9 Å². The average Bonchev–Trinajstić information content (AvgIpc) is 1.94. The topological polar surface area (TPSA) is 49.9 Å². The van der Waals surface area contributed by atoms with Crippen molar-refractivity contribution in [2.75, 3.05) is 0 Å². The van der Waals surface area contributed by atoms with Crippen LogP contribution in [0.2, 0.25) is 5.02 Å². The van der Waals surface area contributed by atoms with Gasteiger partial charge in [0.1, 0.15) is 5.02 Å². The molecule has 0 aliphatic carbocycles. The van der Waals surface area contributed by atoms with Crippen LogP contribution in [0, 0.1) is 0 Å². The van der Waals surface area contributed by atoms with Crippen molar-refractivity contribution in [3.63, 3.8) is 0 Å². The third kappa shape index (κ3) is 1.82.